The highest BCUT2D eigenvalue weighted by molar-refractivity contribution is 7.93. The molecular formula is C27H22N2O4S2. The lowest BCUT2D eigenvalue weighted by molar-refractivity contribution is 0.414. The first kappa shape index (κ1) is 22.9. The summed E-state index contributed by atoms with van der Waals surface area (Å²) in [4.78, 5) is 5.71. The van der Waals surface area contributed by atoms with Gasteiger partial charge in [-0.05, 0) is 77.0 Å². The predicted octanol–water partition coefficient (Wildman–Crippen LogP) is 6.45. The van der Waals surface area contributed by atoms with E-state index in [0.717, 1.165) is 38.3 Å². The number of hydrogen-bond donors (Lipinski definition) is 1. The molecule has 4 aromatic carbocycles. The Hall–Kier alpha value is -3.88. The van der Waals surface area contributed by atoms with Crippen molar-refractivity contribution in [2.24, 2.45) is 0 Å². The monoisotopic (exact) mass is 502 g/mol. The molecule has 0 spiro atoms. The summed E-state index contributed by atoms with van der Waals surface area (Å²) in [6, 6.07) is 27.8. The molecule has 8 heteroatoms. The molecule has 0 radical (unpaired) electrons. The summed E-state index contributed by atoms with van der Waals surface area (Å²) in [7, 11) is -0.609. The third-order valence-corrected chi connectivity index (χ3v) is 8.08. The van der Waals surface area contributed by atoms with Crippen molar-refractivity contribution in [3.8, 4) is 33.2 Å². The minimum absolute atomic E-state index is 0.184. The van der Waals surface area contributed by atoms with Gasteiger partial charge in [-0.2, -0.15) is 0 Å². The molecule has 0 amide bonds. The number of ether oxygens (including phenoxy) is 2. The molecular weight excluding hydrogens is 480 g/mol. The molecule has 0 bridgehead atoms. The van der Waals surface area contributed by atoms with Crippen LogP contribution < -0.4 is 14.2 Å². The van der Waals surface area contributed by atoms with Crippen LogP contribution in [-0.2, 0) is 10.0 Å². The predicted molar refractivity (Wildman–Crippen MR) is 141 cm³/mol. The Bertz CT molecular complexity index is 1530. The number of fused-ring (bicyclic) bond motifs is 1. The number of sulfonamides is 1. The molecule has 1 heterocycles. The lowest BCUT2D eigenvalue weighted by atomic mass is 10.1. The summed E-state index contributed by atoms with van der Waals surface area (Å²) in [5, 5.41) is 2.12. The Labute approximate surface area is 207 Å². The number of nitrogens with zero attached hydrogens (tertiary/aromatic N) is 1. The van der Waals surface area contributed by atoms with Crippen molar-refractivity contribution >= 4 is 37.3 Å². The largest absolute Gasteiger partial charge is 0.497 e. The Morgan fingerprint density at radius 2 is 1.34 bits per heavy atom. The van der Waals surface area contributed by atoms with Crippen LogP contribution in [0.5, 0.6) is 11.5 Å². The second-order valence-corrected chi connectivity index (χ2v) is 10.4. The van der Waals surface area contributed by atoms with Crippen molar-refractivity contribution in [2.45, 2.75) is 4.90 Å². The number of hydrogen-bond acceptors (Lipinski definition) is 6. The maximum absolute atomic E-state index is 13.2. The van der Waals surface area contributed by atoms with Gasteiger partial charge in [0.2, 0.25) is 0 Å². The highest BCUT2D eigenvalue weighted by Gasteiger charge is 2.21. The number of rotatable bonds is 7. The number of thiazole rings is 1. The van der Waals surface area contributed by atoms with Gasteiger partial charge in [0.25, 0.3) is 10.0 Å². The Balaban J connectivity index is 1.55. The average molecular weight is 503 g/mol. The van der Waals surface area contributed by atoms with E-state index in [1.165, 1.54) is 11.3 Å². The van der Waals surface area contributed by atoms with Crippen LogP contribution in [0.15, 0.2) is 95.9 Å². The SMILES string of the molecule is COc1ccc(-c2nc(NS(=O)(=O)c3ccc4ccccc4c3)sc2-c2ccc(OC)cc2)cc1. The van der Waals surface area contributed by atoms with E-state index < -0.39 is 10.0 Å². The molecule has 35 heavy (non-hydrogen) atoms. The zero-order valence-electron chi connectivity index (χ0n) is 19.1. The highest BCUT2D eigenvalue weighted by atomic mass is 32.2. The van der Waals surface area contributed by atoms with E-state index in [1.54, 1.807) is 32.4 Å². The van der Waals surface area contributed by atoms with Crippen molar-refractivity contribution in [1.82, 2.24) is 4.98 Å². The van der Waals surface area contributed by atoms with E-state index in [0.29, 0.717) is 5.69 Å². The van der Waals surface area contributed by atoms with Gasteiger partial charge in [0.1, 0.15) is 11.5 Å². The van der Waals surface area contributed by atoms with Gasteiger partial charge in [-0.15, -0.1) is 0 Å². The van der Waals surface area contributed by atoms with Crippen molar-refractivity contribution in [2.75, 3.05) is 18.9 Å². The molecule has 0 aliphatic rings. The van der Waals surface area contributed by atoms with E-state index >= 15 is 0 Å². The standard InChI is InChI=1S/C27H22N2O4S2/c1-32-22-12-7-19(8-13-22)25-26(20-9-14-23(33-2)15-10-20)34-27(28-25)29-35(30,31)24-16-11-18-5-3-4-6-21(18)17-24/h3-17H,1-2H3,(H,28,29). The minimum Gasteiger partial charge on any atom is -0.497 e. The van der Waals surface area contributed by atoms with Gasteiger partial charge in [0.05, 0.1) is 29.7 Å². The molecule has 6 nitrogen and oxygen atoms in total. The molecule has 0 saturated heterocycles. The Morgan fingerprint density at radius 1 is 0.743 bits per heavy atom. The fraction of sp³-hybridized carbons (Fsp3) is 0.0741. The minimum atomic E-state index is -3.84. The fourth-order valence-electron chi connectivity index (χ4n) is 3.75. The third kappa shape index (κ3) is 4.71. The van der Waals surface area contributed by atoms with E-state index in [1.807, 2.05) is 72.8 Å². The number of benzene rings is 4. The number of methoxy groups -OCH3 is 2. The van der Waals surface area contributed by atoms with Crippen LogP contribution in [0.2, 0.25) is 0 Å². The molecule has 176 valence electrons. The molecule has 0 saturated carbocycles. The highest BCUT2D eigenvalue weighted by Crippen LogP contribution is 2.40. The maximum atomic E-state index is 13.2. The summed E-state index contributed by atoms with van der Waals surface area (Å²) in [5.41, 5.74) is 2.44. The molecule has 0 aliphatic heterocycles. The van der Waals surface area contributed by atoms with Gasteiger partial charge in [-0.1, -0.05) is 41.7 Å². The molecule has 0 aliphatic carbocycles. The molecule has 1 N–H and O–H groups in total. The van der Waals surface area contributed by atoms with Crippen LogP contribution in [0.1, 0.15) is 0 Å². The number of nitrogens with one attached hydrogen (secondary N) is 1. The van der Waals surface area contributed by atoms with E-state index in [4.69, 9.17) is 9.47 Å². The van der Waals surface area contributed by atoms with Crippen molar-refractivity contribution in [3.63, 3.8) is 0 Å². The molecule has 0 unspecified atom stereocenters. The maximum Gasteiger partial charge on any atom is 0.263 e. The fourth-order valence-corrected chi connectivity index (χ4v) is 6.02. The van der Waals surface area contributed by atoms with Gasteiger partial charge in [-0.3, -0.25) is 4.72 Å². The molecule has 1 aromatic heterocycles. The Kier molecular flexibility index (Phi) is 6.15. The summed E-state index contributed by atoms with van der Waals surface area (Å²) >= 11 is 1.28. The first-order valence-corrected chi connectivity index (χ1v) is 13.1. The lowest BCUT2D eigenvalue weighted by Gasteiger charge is -2.06. The third-order valence-electron chi connectivity index (χ3n) is 5.60. The summed E-state index contributed by atoms with van der Waals surface area (Å²) in [6.07, 6.45) is 0. The number of aromatic nitrogens is 1. The van der Waals surface area contributed by atoms with Crippen LogP contribution in [0.4, 0.5) is 5.13 Å². The smallest absolute Gasteiger partial charge is 0.263 e. The van der Waals surface area contributed by atoms with E-state index in [2.05, 4.69) is 9.71 Å². The van der Waals surface area contributed by atoms with E-state index in [9.17, 15) is 8.42 Å². The van der Waals surface area contributed by atoms with Gasteiger partial charge >= 0.3 is 0 Å². The summed E-state index contributed by atoms with van der Waals surface area (Å²) in [6.45, 7) is 0. The molecule has 5 aromatic rings. The van der Waals surface area contributed by atoms with Crippen molar-refractivity contribution in [1.29, 1.82) is 0 Å². The topological polar surface area (TPSA) is 77.5 Å². The van der Waals surface area contributed by atoms with Crippen LogP contribution in [0.3, 0.4) is 0 Å². The first-order chi connectivity index (χ1) is 17.0. The quantitative estimate of drug-likeness (QED) is 0.277. The average Bonchev–Trinajstić information content (AvgIpc) is 3.31. The second kappa shape index (κ2) is 9.40. The van der Waals surface area contributed by atoms with Crippen LogP contribution in [0.25, 0.3) is 32.5 Å². The molecule has 0 atom stereocenters. The summed E-state index contributed by atoms with van der Waals surface area (Å²) in [5.74, 6) is 1.47. The van der Waals surface area contributed by atoms with Crippen molar-refractivity contribution < 1.29 is 17.9 Å². The Morgan fingerprint density at radius 3 is 1.97 bits per heavy atom. The molecule has 5 rings (SSSR count). The van der Waals surface area contributed by atoms with Crippen molar-refractivity contribution in [3.05, 3.63) is 91.0 Å². The van der Waals surface area contributed by atoms with Crippen LogP contribution in [-0.4, -0.2) is 27.6 Å². The number of anilines is 1. The normalized spacial score (nSPS) is 11.4. The molecule has 0 fully saturated rings. The van der Waals surface area contributed by atoms with Gasteiger partial charge in [0, 0.05) is 5.56 Å². The van der Waals surface area contributed by atoms with Gasteiger partial charge < -0.3 is 9.47 Å². The first-order valence-electron chi connectivity index (χ1n) is 10.8. The lowest BCUT2D eigenvalue weighted by Crippen LogP contribution is -2.12. The summed E-state index contributed by atoms with van der Waals surface area (Å²) < 4.78 is 39.7. The zero-order chi connectivity index (χ0) is 24.4. The second-order valence-electron chi connectivity index (χ2n) is 7.77. The van der Waals surface area contributed by atoms with Gasteiger partial charge in [-0.25, -0.2) is 13.4 Å². The zero-order valence-corrected chi connectivity index (χ0v) is 20.7. The van der Waals surface area contributed by atoms with E-state index in [-0.39, 0.29) is 10.0 Å². The van der Waals surface area contributed by atoms with Crippen LogP contribution >= 0.6 is 11.3 Å². The van der Waals surface area contributed by atoms with Crippen LogP contribution in [0, 0.1) is 0 Å². The van der Waals surface area contributed by atoms with Gasteiger partial charge in [0.15, 0.2) is 5.13 Å².